The molecular formula is C20H25N5O2. The molecule has 1 N–H and O–H groups in total. The summed E-state index contributed by atoms with van der Waals surface area (Å²) in [6, 6.07) is 7.27. The SMILES string of the molecule is C=CC(=O)Nc1cccc(C(=O)N2CCCC(c3nncn3C(C)C)C2)c1. The second kappa shape index (κ2) is 8.16. The van der Waals surface area contributed by atoms with Gasteiger partial charge in [-0.2, -0.15) is 0 Å². The van der Waals surface area contributed by atoms with Crippen molar-refractivity contribution in [2.75, 3.05) is 18.4 Å². The van der Waals surface area contributed by atoms with Gasteiger partial charge in [0.2, 0.25) is 5.91 Å². The molecule has 142 valence electrons. The number of benzene rings is 1. The van der Waals surface area contributed by atoms with Crippen molar-refractivity contribution in [2.45, 2.75) is 38.6 Å². The van der Waals surface area contributed by atoms with Crippen LogP contribution in [-0.4, -0.2) is 44.6 Å². The van der Waals surface area contributed by atoms with E-state index in [1.165, 1.54) is 6.08 Å². The van der Waals surface area contributed by atoms with Gasteiger partial charge >= 0.3 is 0 Å². The third-order valence-electron chi connectivity index (χ3n) is 4.79. The zero-order valence-corrected chi connectivity index (χ0v) is 15.8. The molecule has 1 atom stereocenters. The van der Waals surface area contributed by atoms with Gasteiger partial charge in [0.15, 0.2) is 0 Å². The van der Waals surface area contributed by atoms with Gasteiger partial charge in [0.25, 0.3) is 5.91 Å². The van der Waals surface area contributed by atoms with E-state index in [4.69, 9.17) is 0 Å². The minimum Gasteiger partial charge on any atom is -0.338 e. The van der Waals surface area contributed by atoms with E-state index in [1.807, 2.05) is 4.90 Å². The summed E-state index contributed by atoms with van der Waals surface area (Å²) >= 11 is 0. The van der Waals surface area contributed by atoms with Crippen LogP contribution >= 0.6 is 0 Å². The van der Waals surface area contributed by atoms with E-state index in [0.29, 0.717) is 24.3 Å². The first-order valence-electron chi connectivity index (χ1n) is 9.21. The first-order valence-corrected chi connectivity index (χ1v) is 9.21. The zero-order chi connectivity index (χ0) is 19.4. The van der Waals surface area contributed by atoms with Gasteiger partial charge in [0.05, 0.1) is 0 Å². The van der Waals surface area contributed by atoms with Crippen LogP contribution in [-0.2, 0) is 4.79 Å². The number of hydrogen-bond donors (Lipinski definition) is 1. The summed E-state index contributed by atoms with van der Waals surface area (Å²) in [5.74, 6) is 0.779. The molecule has 0 aliphatic carbocycles. The molecule has 0 bridgehead atoms. The van der Waals surface area contributed by atoms with Crippen molar-refractivity contribution in [3.8, 4) is 0 Å². The number of hydrogen-bond acceptors (Lipinski definition) is 4. The van der Waals surface area contributed by atoms with Crippen LogP contribution in [0.15, 0.2) is 43.2 Å². The van der Waals surface area contributed by atoms with Crippen LogP contribution in [0.1, 0.15) is 54.8 Å². The summed E-state index contributed by atoms with van der Waals surface area (Å²) < 4.78 is 2.07. The number of carbonyl (C=O) groups is 2. The fourth-order valence-corrected chi connectivity index (χ4v) is 3.42. The van der Waals surface area contributed by atoms with Gasteiger partial charge in [-0.3, -0.25) is 9.59 Å². The third-order valence-corrected chi connectivity index (χ3v) is 4.79. The summed E-state index contributed by atoms with van der Waals surface area (Å²) in [7, 11) is 0. The smallest absolute Gasteiger partial charge is 0.253 e. The lowest BCUT2D eigenvalue weighted by Crippen LogP contribution is -2.39. The Morgan fingerprint density at radius 2 is 2.19 bits per heavy atom. The highest BCUT2D eigenvalue weighted by Crippen LogP contribution is 2.28. The Morgan fingerprint density at radius 3 is 2.93 bits per heavy atom. The Morgan fingerprint density at radius 1 is 1.37 bits per heavy atom. The van der Waals surface area contributed by atoms with Crippen molar-refractivity contribution in [1.82, 2.24) is 19.7 Å². The number of rotatable bonds is 5. The maximum Gasteiger partial charge on any atom is 0.253 e. The van der Waals surface area contributed by atoms with Gasteiger partial charge in [-0.25, -0.2) is 0 Å². The minimum absolute atomic E-state index is 0.0370. The Bertz CT molecular complexity index is 842. The molecule has 1 unspecified atom stereocenters. The maximum absolute atomic E-state index is 13.0. The fraction of sp³-hybridized carbons (Fsp3) is 0.400. The van der Waals surface area contributed by atoms with Crippen molar-refractivity contribution in [2.24, 2.45) is 0 Å². The monoisotopic (exact) mass is 367 g/mol. The molecule has 1 saturated heterocycles. The predicted molar refractivity (Wildman–Crippen MR) is 104 cm³/mol. The number of likely N-dealkylation sites (tertiary alicyclic amines) is 1. The van der Waals surface area contributed by atoms with E-state index < -0.39 is 0 Å². The number of nitrogens with zero attached hydrogens (tertiary/aromatic N) is 4. The van der Waals surface area contributed by atoms with Crippen molar-refractivity contribution in [1.29, 1.82) is 0 Å². The number of amides is 2. The standard InChI is InChI=1S/C20H25N5O2/c1-4-18(26)22-17-9-5-7-15(11-17)20(27)24-10-6-8-16(12-24)19-23-21-13-25(19)14(2)3/h4-5,7,9,11,13-14,16H,1,6,8,10,12H2,2-3H3,(H,22,26). The number of aromatic nitrogens is 3. The molecule has 2 aromatic rings. The largest absolute Gasteiger partial charge is 0.338 e. The van der Waals surface area contributed by atoms with E-state index in [9.17, 15) is 9.59 Å². The van der Waals surface area contributed by atoms with E-state index in [1.54, 1.807) is 30.6 Å². The number of anilines is 1. The highest BCUT2D eigenvalue weighted by Gasteiger charge is 2.29. The van der Waals surface area contributed by atoms with Crippen LogP contribution < -0.4 is 5.32 Å². The van der Waals surface area contributed by atoms with Crippen molar-refractivity contribution in [3.05, 3.63) is 54.6 Å². The Kier molecular flexibility index (Phi) is 5.69. The lowest BCUT2D eigenvalue weighted by atomic mass is 9.96. The topological polar surface area (TPSA) is 80.1 Å². The van der Waals surface area contributed by atoms with Gasteiger partial charge in [-0.05, 0) is 51.0 Å². The van der Waals surface area contributed by atoms with Gasteiger partial charge in [0.1, 0.15) is 12.2 Å². The first-order chi connectivity index (χ1) is 13.0. The highest BCUT2D eigenvalue weighted by molar-refractivity contribution is 6.00. The summed E-state index contributed by atoms with van der Waals surface area (Å²) in [6.07, 6.45) is 4.88. The number of carbonyl (C=O) groups excluding carboxylic acids is 2. The lowest BCUT2D eigenvalue weighted by Gasteiger charge is -2.33. The van der Waals surface area contributed by atoms with Crippen LogP contribution in [0.3, 0.4) is 0 Å². The molecule has 1 aromatic carbocycles. The molecule has 1 fully saturated rings. The maximum atomic E-state index is 13.0. The second-order valence-corrected chi connectivity index (χ2v) is 7.05. The van der Waals surface area contributed by atoms with Crippen molar-refractivity contribution in [3.63, 3.8) is 0 Å². The zero-order valence-electron chi connectivity index (χ0n) is 15.8. The van der Waals surface area contributed by atoms with Crippen LogP contribution in [0.25, 0.3) is 0 Å². The summed E-state index contributed by atoms with van der Waals surface area (Å²) in [6.45, 7) is 8.97. The van der Waals surface area contributed by atoms with Gasteiger partial charge in [-0.15, -0.1) is 10.2 Å². The van der Waals surface area contributed by atoms with Crippen LogP contribution in [0.2, 0.25) is 0 Å². The third kappa shape index (κ3) is 4.24. The summed E-state index contributed by atoms with van der Waals surface area (Å²) in [4.78, 5) is 26.3. The van der Waals surface area contributed by atoms with Gasteiger partial charge in [0, 0.05) is 36.3 Å². The Labute approximate surface area is 159 Å². The molecule has 2 heterocycles. The average molecular weight is 367 g/mol. The summed E-state index contributed by atoms with van der Waals surface area (Å²) in [5, 5.41) is 11.0. The van der Waals surface area contributed by atoms with Crippen molar-refractivity contribution < 1.29 is 9.59 Å². The first kappa shape index (κ1) is 18.8. The molecule has 27 heavy (non-hydrogen) atoms. The van der Waals surface area contributed by atoms with E-state index in [-0.39, 0.29) is 23.8 Å². The Hall–Kier alpha value is -2.96. The molecule has 0 spiro atoms. The van der Waals surface area contributed by atoms with Crippen molar-refractivity contribution >= 4 is 17.5 Å². The summed E-state index contributed by atoms with van der Waals surface area (Å²) in [5.41, 5.74) is 1.14. The van der Waals surface area contributed by atoms with Gasteiger partial charge < -0.3 is 14.8 Å². The minimum atomic E-state index is -0.300. The molecule has 7 heteroatoms. The molecule has 3 rings (SSSR count). The molecular weight excluding hydrogens is 342 g/mol. The highest BCUT2D eigenvalue weighted by atomic mass is 16.2. The quantitative estimate of drug-likeness (QED) is 0.824. The van der Waals surface area contributed by atoms with Crippen LogP contribution in [0, 0.1) is 0 Å². The molecule has 0 radical (unpaired) electrons. The van der Waals surface area contributed by atoms with E-state index in [0.717, 1.165) is 18.7 Å². The lowest BCUT2D eigenvalue weighted by molar-refractivity contribution is -0.111. The van der Waals surface area contributed by atoms with Crippen LogP contribution in [0.4, 0.5) is 5.69 Å². The van der Waals surface area contributed by atoms with E-state index >= 15 is 0 Å². The number of nitrogens with one attached hydrogen (secondary N) is 1. The van der Waals surface area contributed by atoms with E-state index in [2.05, 4.69) is 40.5 Å². The molecule has 2 amide bonds. The van der Waals surface area contributed by atoms with Gasteiger partial charge in [-0.1, -0.05) is 12.6 Å². The molecule has 7 nitrogen and oxygen atoms in total. The normalized spacial score (nSPS) is 17.0. The second-order valence-electron chi connectivity index (χ2n) is 7.05. The Balaban J connectivity index is 1.75. The number of piperidine rings is 1. The van der Waals surface area contributed by atoms with Crippen LogP contribution in [0.5, 0.6) is 0 Å². The molecule has 1 aliphatic rings. The fourth-order valence-electron chi connectivity index (χ4n) is 3.42. The molecule has 1 aromatic heterocycles. The molecule has 0 saturated carbocycles. The predicted octanol–water partition coefficient (Wildman–Crippen LogP) is 3.00. The molecule has 1 aliphatic heterocycles. The average Bonchev–Trinajstić information content (AvgIpc) is 3.18.